The molecule has 0 saturated carbocycles. The number of morpholine rings is 1. The maximum absolute atomic E-state index is 12.7. The molecule has 5 nitrogen and oxygen atoms in total. The van der Waals surface area contributed by atoms with E-state index in [-0.39, 0.29) is 16.9 Å². The van der Waals surface area contributed by atoms with Gasteiger partial charge in [-0.2, -0.15) is 0 Å². The van der Waals surface area contributed by atoms with Gasteiger partial charge in [0.05, 0.1) is 18.0 Å². The summed E-state index contributed by atoms with van der Waals surface area (Å²) in [6.07, 6.45) is 1.01. The van der Waals surface area contributed by atoms with E-state index in [4.69, 9.17) is 4.74 Å². The number of sulfone groups is 1. The average molecular weight is 345 g/mol. The van der Waals surface area contributed by atoms with Crippen molar-refractivity contribution in [2.45, 2.75) is 11.0 Å². The van der Waals surface area contributed by atoms with Crippen LogP contribution in [0.5, 0.6) is 0 Å². The third kappa shape index (κ3) is 3.66. The molecule has 0 unspecified atom stereocenters. The topological polar surface area (TPSA) is 63.7 Å². The highest BCUT2D eigenvalue weighted by Crippen LogP contribution is 2.23. The van der Waals surface area contributed by atoms with Crippen molar-refractivity contribution in [2.75, 3.05) is 26.0 Å². The lowest BCUT2D eigenvalue weighted by Crippen LogP contribution is -2.42. The van der Waals surface area contributed by atoms with Gasteiger partial charge in [-0.3, -0.25) is 4.79 Å². The lowest BCUT2D eigenvalue weighted by atomic mass is 10.1. The molecular weight excluding hydrogens is 326 g/mol. The van der Waals surface area contributed by atoms with Gasteiger partial charge in [0.25, 0.3) is 5.91 Å². The van der Waals surface area contributed by atoms with Crippen LogP contribution < -0.4 is 0 Å². The Kier molecular flexibility index (Phi) is 4.69. The van der Waals surface area contributed by atoms with E-state index < -0.39 is 9.84 Å². The van der Waals surface area contributed by atoms with Crippen LogP contribution in [-0.2, 0) is 14.6 Å². The number of nitrogens with zero attached hydrogens (tertiary/aromatic N) is 1. The van der Waals surface area contributed by atoms with E-state index in [0.717, 1.165) is 11.8 Å². The Morgan fingerprint density at radius 3 is 2.38 bits per heavy atom. The van der Waals surface area contributed by atoms with Crippen molar-refractivity contribution in [3.05, 3.63) is 65.7 Å². The quantitative estimate of drug-likeness (QED) is 0.856. The van der Waals surface area contributed by atoms with E-state index in [0.29, 0.717) is 25.3 Å². The number of rotatable bonds is 3. The van der Waals surface area contributed by atoms with Gasteiger partial charge < -0.3 is 9.64 Å². The maximum atomic E-state index is 12.7. The molecule has 1 saturated heterocycles. The Morgan fingerprint density at radius 1 is 1.08 bits per heavy atom. The number of amides is 1. The van der Waals surface area contributed by atoms with E-state index in [9.17, 15) is 13.2 Å². The van der Waals surface area contributed by atoms with Crippen LogP contribution in [-0.4, -0.2) is 45.2 Å². The van der Waals surface area contributed by atoms with E-state index in [1.54, 1.807) is 17.0 Å². The van der Waals surface area contributed by atoms with Crippen molar-refractivity contribution in [1.82, 2.24) is 4.90 Å². The number of ether oxygens (including phenoxy) is 1. The Bertz CT molecular complexity index is 816. The summed E-state index contributed by atoms with van der Waals surface area (Å²) < 4.78 is 28.8. The zero-order valence-corrected chi connectivity index (χ0v) is 14.2. The fourth-order valence-electron chi connectivity index (χ4n) is 2.73. The highest BCUT2D eigenvalue weighted by atomic mass is 32.2. The molecule has 0 aliphatic carbocycles. The van der Waals surface area contributed by atoms with E-state index in [2.05, 4.69) is 0 Å². The van der Waals surface area contributed by atoms with Gasteiger partial charge in [-0.1, -0.05) is 30.3 Å². The molecule has 2 aromatic carbocycles. The second-order valence-electron chi connectivity index (χ2n) is 5.82. The van der Waals surface area contributed by atoms with Gasteiger partial charge >= 0.3 is 0 Å². The molecule has 0 bridgehead atoms. The zero-order chi connectivity index (χ0) is 17.2. The summed E-state index contributed by atoms with van der Waals surface area (Å²) in [5, 5.41) is 0. The first-order valence-electron chi connectivity index (χ1n) is 7.71. The summed E-state index contributed by atoms with van der Waals surface area (Å²) in [6.45, 7) is 1.49. The lowest BCUT2D eigenvalue weighted by Gasteiger charge is -2.33. The van der Waals surface area contributed by atoms with Crippen LogP contribution in [0.3, 0.4) is 0 Å². The largest absolute Gasteiger partial charge is 0.370 e. The van der Waals surface area contributed by atoms with Gasteiger partial charge in [-0.15, -0.1) is 0 Å². The van der Waals surface area contributed by atoms with Crippen LogP contribution >= 0.6 is 0 Å². The summed E-state index contributed by atoms with van der Waals surface area (Å²) in [7, 11) is -3.26. The van der Waals surface area contributed by atoms with Crippen molar-refractivity contribution in [3.8, 4) is 0 Å². The van der Waals surface area contributed by atoms with Gasteiger partial charge in [0.2, 0.25) is 0 Å². The summed E-state index contributed by atoms with van der Waals surface area (Å²) in [5.41, 5.74) is 1.53. The molecule has 1 fully saturated rings. The average Bonchev–Trinajstić information content (AvgIpc) is 2.61. The van der Waals surface area contributed by atoms with Crippen LogP contribution in [0.1, 0.15) is 22.0 Å². The zero-order valence-electron chi connectivity index (χ0n) is 13.4. The van der Waals surface area contributed by atoms with Gasteiger partial charge in [-0.25, -0.2) is 8.42 Å². The molecule has 0 aromatic heterocycles. The monoisotopic (exact) mass is 345 g/mol. The first kappa shape index (κ1) is 16.7. The van der Waals surface area contributed by atoms with Crippen molar-refractivity contribution < 1.29 is 17.9 Å². The van der Waals surface area contributed by atoms with Crippen LogP contribution in [0.25, 0.3) is 0 Å². The first-order chi connectivity index (χ1) is 11.4. The minimum atomic E-state index is -3.26. The predicted molar refractivity (Wildman–Crippen MR) is 90.6 cm³/mol. The fourth-order valence-corrected chi connectivity index (χ4v) is 3.36. The minimum Gasteiger partial charge on any atom is -0.370 e. The molecule has 24 heavy (non-hydrogen) atoms. The Labute approximate surface area is 141 Å². The molecule has 0 N–H and O–H groups in total. The van der Waals surface area contributed by atoms with Gasteiger partial charge in [0.1, 0.15) is 6.10 Å². The lowest BCUT2D eigenvalue weighted by molar-refractivity contribution is -0.0228. The Morgan fingerprint density at radius 2 is 1.75 bits per heavy atom. The summed E-state index contributed by atoms with van der Waals surface area (Å²) in [5.74, 6) is -0.112. The molecule has 1 atom stereocenters. The Hall–Kier alpha value is -2.18. The van der Waals surface area contributed by atoms with Gasteiger partial charge in [0, 0.05) is 18.4 Å². The third-order valence-corrected chi connectivity index (χ3v) is 5.18. The smallest absolute Gasteiger partial charge is 0.254 e. The molecule has 1 aliphatic rings. The molecule has 3 rings (SSSR count). The van der Waals surface area contributed by atoms with Crippen LogP contribution in [0.2, 0.25) is 0 Å². The molecule has 2 aromatic rings. The summed E-state index contributed by atoms with van der Waals surface area (Å²) >= 11 is 0. The maximum Gasteiger partial charge on any atom is 0.254 e. The molecule has 126 valence electrons. The number of hydrogen-bond donors (Lipinski definition) is 0. The number of carbonyl (C=O) groups excluding carboxylic acids is 1. The highest BCUT2D eigenvalue weighted by molar-refractivity contribution is 7.90. The van der Waals surface area contributed by atoms with Crippen LogP contribution in [0.4, 0.5) is 0 Å². The van der Waals surface area contributed by atoms with E-state index in [1.807, 2.05) is 30.3 Å². The van der Waals surface area contributed by atoms with Crippen molar-refractivity contribution in [1.29, 1.82) is 0 Å². The third-order valence-electron chi connectivity index (χ3n) is 4.05. The van der Waals surface area contributed by atoms with Gasteiger partial charge in [-0.05, 0) is 29.8 Å². The van der Waals surface area contributed by atoms with Gasteiger partial charge in [0.15, 0.2) is 9.84 Å². The predicted octanol–water partition coefficient (Wildman–Crippen LogP) is 2.30. The second kappa shape index (κ2) is 6.75. The first-order valence-corrected chi connectivity index (χ1v) is 9.60. The number of benzene rings is 2. The molecule has 1 aliphatic heterocycles. The van der Waals surface area contributed by atoms with Crippen molar-refractivity contribution in [2.24, 2.45) is 0 Å². The van der Waals surface area contributed by atoms with E-state index in [1.165, 1.54) is 12.1 Å². The minimum absolute atomic E-state index is 0.112. The number of carbonyl (C=O) groups is 1. The van der Waals surface area contributed by atoms with E-state index >= 15 is 0 Å². The molecule has 6 heteroatoms. The van der Waals surface area contributed by atoms with Crippen molar-refractivity contribution >= 4 is 15.7 Å². The van der Waals surface area contributed by atoms with Crippen molar-refractivity contribution in [3.63, 3.8) is 0 Å². The highest BCUT2D eigenvalue weighted by Gasteiger charge is 2.26. The molecule has 0 radical (unpaired) electrons. The standard InChI is InChI=1S/C18H19NO4S/c1-24(21,22)16-9-7-15(8-10-16)18(20)19-11-12-23-17(13-19)14-5-3-2-4-6-14/h2-10,17H,11-13H2,1H3/t17-/m1/s1. The van der Waals surface area contributed by atoms with Crippen LogP contribution in [0, 0.1) is 0 Å². The number of hydrogen-bond acceptors (Lipinski definition) is 4. The summed E-state index contributed by atoms with van der Waals surface area (Å²) in [6, 6.07) is 15.9. The second-order valence-corrected chi connectivity index (χ2v) is 7.83. The Balaban J connectivity index is 1.75. The fraction of sp³-hybridized carbons (Fsp3) is 0.278. The molecule has 1 amide bonds. The van der Waals surface area contributed by atoms with Crippen LogP contribution in [0.15, 0.2) is 59.5 Å². The molecular formula is C18H19NO4S. The molecule has 0 spiro atoms. The molecule has 1 heterocycles. The normalized spacial score (nSPS) is 18.4. The SMILES string of the molecule is CS(=O)(=O)c1ccc(C(=O)N2CCO[C@@H](c3ccccc3)C2)cc1. The summed E-state index contributed by atoms with van der Waals surface area (Å²) in [4.78, 5) is 14.6.